The Morgan fingerprint density at radius 3 is 1.58 bits per heavy atom. The van der Waals surface area contributed by atoms with Crippen LogP contribution in [0.5, 0.6) is 0 Å². The number of rotatable bonds is 4. The summed E-state index contributed by atoms with van der Waals surface area (Å²) in [5, 5.41) is 16.0. The Bertz CT molecular complexity index is 639. The first-order valence-electron chi connectivity index (χ1n) is 11.7. The monoisotopic (exact) mass is 510 g/mol. The molecule has 2 fully saturated rings. The third-order valence-corrected chi connectivity index (χ3v) is 6.98. The van der Waals surface area contributed by atoms with Gasteiger partial charge < -0.3 is 14.9 Å². The predicted molar refractivity (Wildman–Crippen MR) is 128 cm³/mol. The van der Waals surface area contributed by atoms with Crippen molar-refractivity contribution in [3.8, 4) is 0 Å². The van der Waals surface area contributed by atoms with Gasteiger partial charge in [0.25, 0.3) is 0 Å². The fraction of sp³-hybridized carbons (Fsp3) is 0.833. The van der Waals surface area contributed by atoms with E-state index in [9.17, 15) is 24.3 Å². The third-order valence-electron chi connectivity index (χ3n) is 6.54. The quantitative estimate of drug-likeness (QED) is 0.309. The summed E-state index contributed by atoms with van der Waals surface area (Å²) < 4.78 is 5.06. The number of halogens is 2. The van der Waals surface area contributed by atoms with Crippen LogP contribution in [0.4, 0.5) is 0 Å². The first kappa shape index (κ1) is 31.8. The molecule has 0 aromatic heterocycles. The first-order chi connectivity index (χ1) is 15.2. The van der Waals surface area contributed by atoms with Crippen LogP contribution in [0.2, 0.25) is 0 Å². The van der Waals surface area contributed by atoms with Crippen molar-refractivity contribution in [1.29, 1.82) is 0 Å². The molecule has 33 heavy (non-hydrogen) atoms. The Hall–Kier alpha value is -1.18. The fourth-order valence-electron chi connectivity index (χ4n) is 4.59. The van der Waals surface area contributed by atoms with Gasteiger partial charge in [-0.25, -0.2) is 9.59 Å². The molecule has 2 saturated carbocycles. The molecule has 6 atom stereocenters. The summed E-state index contributed by atoms with van der Waals surface area (Å²) >= 11 is 8.98. The summed E-state index contributed by atoms with van der Waals surface area (Å²) in [7, 11) is 0. The summed E-state index contributed by atoms with van der Waals surface area (Å²) in [5.41, 5.74) is 0. The predicted octanol–water partition coefficient (Wildman–Crippen LogP) is 5.03. The molecule has 2 aliphatic rings. The third kappa shape index (κ3) is 12.7. The van der Waals surface area contributed by atoms with Crippen LogP contribution >= 0.6 is 23.2 Å². The summed E-state index contributed by atoms with van der Waals surface area (Å²) in [5.74, 6) is 0.536. The van der Waals surface area contributed by atoms with Crippen LogP contribution in [0.3, 0.4) is 0 Å². The van der Waals surface area contributed by atoms with Crippen molar-refractivity contribution < 1.29 is 34.1 Å². The molecule has 7 nitrogen and oxygen atoms in total. The Labute approximate surface area is 207 Å². The highest BCUT2D eigenvalue weighted by Crippen LogP contribution is 2.35. The molecular formula is C24H40Cl2O7. The molecule has 0 spiro atoms. The minimum absolute atomic E-state index is 0.0289. The number of hydrogen-bond acceptors (Lipinski definition) is 6. The van der Waals surface area contributed by atoms with Crippen LogP contribution < -0.4 is 0 Å². The Morgan fingerprint density at radius 2 is 1.21 bits per heavy atom. The molecule has 192 valence electrons. The van der Waals surface area contributed by atoms with Gasteiger partial charge in [-0.2, -0.15) is 0 Å². The molecule has 0 radical (unpaired) electrons. The highest BCUT2D eigenvalue weighted by molar-refractivity contribution is 6.97. The second-order valence-corrected chi connectivity index (χ2v) is 10.7. The number of aliphatic hydroxyl groups excluding tert-OH is 1. The SMILES string of the molecule is CC(C)[C@@H]1CC[C@@H](C)C[C@H]1O.CC(C)[C@@H]1CC[C@@H](C)C[C@H]1OC(=O)C(=O)O.O=C(Cl)C(=O)Cl. The molecule has 0 aliphatic heterocycles. The number of aliphatic hydroxyl groups is 1. The number of esters is 1. The van der Waals surface area contributed by atoms with Gasteiger partial charge in [0.05, 0.1) is 6.10 Å². The van der Waals surface area contributed by atoms with E-state index in [2.05, 4.69) is 64.7 Å². The van der Waals surface area contributed by atoms with Crippen LogP contribution in [-0.4, -0.2) is 44.8 Å². The molecule has 0 unspecified atom stereocenters. The Balaban J connectivity index is 0.000000520. The molecule has 2 rings (SSSR count). The van der Waals surface area contributed by atoms with E-state index in [1.807, 2.05) is 0 Å². The van der Waals surface area contributed by atoms with Crippen molar-refractivity contribution in [2.24, 2.45) is 35.5 Å². The van der Waals surface area contributed by atoms with Gasteiger partial charge in [-0.1, -0.05) is 54.4 Å². The van der Waals surface area contributed by atoms with Gasteiger partial charge >= 0.3 is 22.4 Å². The lowest BCUT2D eigenvalue weighted by Gasteiger charge is -2.36. The van der Waals surface area contributed by atoms with Crippen LogP contribution in [0.15, 0.2) is 0 Å². The molecule has 0 amide bonds. The number of aliphatic carboxylic acids is 1. The highest BCUT2D eigenvalue weighted by Gasteiger charge is 2.34. The van der Waals surface area contributed by atoms with E-state index in [4.69, 9.17) is 9.84 Å². The lowest BCUT2D eigenvalue weighted by molar-refractivity contribution is -0.171. The Kier molecular flexibility index (Phi) is 15.1. The van der Waals surface area contributed by atoms with E-state index in [1.54, 1.807) is 0 Å². The van der Waals surface area contributed by atoms with E-state index >= 15 is 0 Å². The van der Waals surface area contributed by atoms with Crippen molar-refractivity contribution >= 4 is 45.6 Å². The molecule has 0 heterocycles. The summed E-state index contributed by atoms with van der Waals surface area (Å²) in [6.07, 6.45) is 6.21. The van der Waals surface area contributed by atoms with Gasteiger partial charge in [0, 0.05) is 0 Å². The molecule has 0 aromatic carbocycles. The number of carboxylic acid groups (broad SMARTS) is 1. The zero-order valence-corrected chi connectivity index (χ0v) is 22.1. The second-order valence-electron chi connectivity index (χ2n) is 10.0. The van der Waals surface area contributed by atoms with Crippen LogP contribution in [0, 0.1) is 35.5 Å². The van der Waals surface area contributed by atoms with Gasteiger partial charge in [0.2, 0.25) is 0 Å². The van der Waals surface area contributed by atoms with E-state index in [0.717, 1.165) is 31.6 Å². The van der Waals surface area contributed by atoms with Gasteiger partial charge in [0.1, 0.15) is 6.10 Å². The summed E-state index contributed by atoms with van der Waals surface area (Å²) in [4.78, 5) is 40.4. The van der Waals surface area contributed by atoms with Gasteiger partial charge in [-0.15, -0.1) is 0 Å². The minimum Gasteiger partial charge on any atom is -0.473 e. The van der Waals surface area contributed by atoms with E-state index in [1.165, 1.54) is 12.8 Å². The Morgan fingerprint density at radius 1 is 0.788 bits per heavy atom. The molecular weight excluding hydrogens is 471 g/mol. The topological polar surface area (TPSA) is 118 Å². The average Bonchev–Trinajstić information content (AvgIpc) is 2.68. The van der Waals surface area contributed by atoms with Crippen molar-refractivity contribution in [1.82, 2.24) is 0 Å². The fourth-order valence-corrected chi connectivity index (χ4v) is 4.59. The van der Waals surface area contributed by atoms with Crippen LogP contribution in [-0.2, 0) is 23.9 Å². The number of hydrogen-bond donors (Lipinski definition) is 2. The second kappa shape index (κ2) is 15.7. The molecule has 9 heteroatoms. The normalized spacial score (nSPS) is 29.2. The van der Waals surface area contributed by atoms with Crippen LogP contribution in [0.1, 0.15) is 80.1 Å². The summed E-state index contributed by atoms with van der Waals surface area (Å²) in [6.45, 7) is 12.9. The van der Waals surface area contributed by atoms with E-state index in [0.29, 0.717) is 29.6 Å². The molecule has 2 N–H and O–H groups in total. The zero-order chi connectivity index (χ0) is 25.9. The maximum absolute atomic E-state index is 11.1. The van der Waals surface area contributed by atoms with Crippen molar-refractivity contribution in [3.63, 3.8) is 0 Å². The van der Waals surface area contributed by atoms with Crippen molar-refractivity contribution in [2.75, 3.05) is 0 Å². The van der Waals surface area contributed by atoms with Crippen molar-refractivity contribution in [2.45, 2.75) is 92.3 Å². The lowest BCUT2D eigenvalue weighted by atomic mass is 9.75. The molecule has 0 aromatic rings. The van der Waals surface area contributed by atoms with Gasteiger partial charge in [0.15, 0.2) is 0 Å². The largest absolute Gasteiger partial charge is 0.473 e. The number of carboxylic acids is 1. The number of carbonyl (C=O) groups is 4. The standard InChI is InChI=1S/C12H20O4.C10H20O.C2Cl2O2/c1-7(2)9-5-4-8(3)6-10(9)16-12(15)11(13)14;1-7(2)9-5-4-8(3)6-10(9)11;3-1(5)2(4)6/h7-10H,4-6H2,1-3H3,(H,13,14);7-11H,4-6H2,1-3H3;/t2*8-,9+,10-;/m11./s1. The van der Waals surface area contributed by atoms with E-state index < -0.39 is 22.4 Å². The molecule has 0 saturated heterocycles. The highest BCUT2D eigenvalue weighted by atomic mass is 35.5. The molecule has 0 bridgehead atoms. The van der Waals surface area contributed by atoms with Gasteiger partial charge in [-0.3, -0.25) is 9.59 Å². The smallest absolute Gasteiger partial charge is 0.417 e. The maximum atomic E-state index is 11.1. The van der Waals surface area contributed by atoms with Crippen molar-refractivity contribution in [3.05, 3.63) is 0 Å². The molecule has 2 aliphatic carbocycles. The maximum Gasteiger partial charge on any atom is 0.417 e. The van der Waals surface area contributed by atoms with Gasteiger partial charge in [-0.05, 0) is 84.4 Å². The van der Waals surface area contributed by atoms with Crippen LogP contribution in [0.25, 0.3) is 0 Å². The zero-order valence-electron chi connectivity index (χ0n) is 20.6. The lowest BCUT2D eigenvalue weighted by Crippen LogP contribution is -2.37. The number of carbonyl (C=O) groups excluding carboxylic acids is 3. The minimum atomic E-state index is -1.50. The van der Waals surface area contributed by atoms with E-state index in [-0.39, 0.29) is 12.2 Å². The average molecular weight is 511 g/mol. The first-order valence-corrected chi connectivity index (χ1v) is 12.4. The summed E-state index contributed by atoms with van der Waals surface area (Å²) in [6, 6.07) is 0. The number of ether oxygens (including phenoxy) is 1.